The van der Waals surface area contributed by atoms with Crippen LogP contribution in [0.15, 0.2) is 48.6 Å². The van der Waals surface area contributed by atoms with Gasteiger partial charge in [0.1, 0.15) is 11.2 Å². The first kappa shape index (κ1) is 49.7. The Morgan fingerprint density at radius 2 is 1.62 bits per heavy atom. The van der Waals surface area contributed by atoms with Crippen molar-refractivity contribution in [3.63, 3.8) is 0 Å². The number of hydrogen-bond acceptors (Lipinski definition) is 15. The van der Waals surface area contributed by atoms with E-state index in [2.05, 4.69) is 14.8 Å². The van der Waals surface area contributed by atoms with Gasteiger partial charge in [0.25, 0.3) is 0 Å². The average molecular weight is 967 g/mol. The maximum Gasteiger partial charge on any atom is 0.344 e. The first-order chi connectivity index (χ1) is 32.5. The number of piperidine rings is 1. The first-order valence-corrected chi connectivity index (χ1v) is 23.0. The molecule has 1 spiro atoms. The average Bonchev–Trinajstić information content (AvgIpc) is 3.97. The van der Waals surface area contributed by atoms with Crippen LogP contribution in [-0.2, 0) is 55.6 Å². The number of halogens is 2. The molecule has 69 heavy (non-hydrogen) atoms. The molecule has 2 bridgehead atoms. The molecule has 0 radical (unpaired) electrons. The third kappa shape index (κ3) is 7.30. The van der Waals surface area contributed by atoms with Crippen molar-refractivity contribution in [1.29, 1.82) is 0 Å². The molecule has 3 aromatic rings. The lowest BCUT2D eigenvalue weighted by Gasteiger charge is -2.63. The summed E-state index contributed by atoms with van der Waals surface area (Å²) in [6.07, 6.45) is -0.496. The molecular weight excluding hydrogens is 907 g/mol. The number of carbonyl (C=O) groups is 5. The molecule has 3 fully saturated rings. The summed E-state index contributed by atoms with van der Waals surface area (Å²) in [6.45, 7) is 6.55. The summed E-state index contributed by atoms with van der Waals surface area (Å²) < 4.78 is 54.3. The lowest BCUT2D eigenvalue weighted by atomic mass is 9.47. The van der Waals surface area contributed by atoms with Crippen molar-refractivity contribution >= 4 is 46.4 Å². The molecule has 374 valence electrons. The van der Waals surface area contributed by atoms with Gasteiger partial charge in [0.15, 0.2) is 18.3 Å². The van der Waals surface area contributed by atoms with Crippen LogP contribution < -0.4 is 9.64 Å². The Balaban J connectivity index is 0.000000579. The molecule has 1 aliphatic carbocycles. The van der Waals surface area contributed by atoms with Crippen LogP contribution in [0, 0.1) is 17.3 Å². The number of rotatable bonds is 10. The summed E-state index contributed by atoms with van der Waals surface area (Å²) in [6, 6.07) is 10.3. The highest BCUT2D eigenvalue weighted by Crippen LogP contribution is 2.68. The summed E-state index contributed by atoms with van der Waals surface area (Å²) in [5.74, 6) is -9.46. The number of carboxylic acid groups (broad SMARTS) is 2. The van der Waals surface area contributed by atoms with Gasteiger partial charge in [0.2, 0.25) is 11.5 Å². The molecule has 0 amide bonds. The summed E-state index contributed by atoms with van der Waals surface area (Å²) in [5.41, 5.74) is -1.64. The van der Waals surface area contributed by atoms with Crippen LogP contribution in [0.25, 0.3) is 10.9 Å². The van der Waals surface area contributed by atoms with Crippen LogP contribution in [0.2, 0.25) is 0 Å². The molecule has 6 heterocycles. The lowest BCUT2D eigenvalue weighted by molar-refractivity contribution is -0.228. The van der Waals surface area contributed by atoms with Crippen LogP contribution >= 0.6 is 0 Å². The molecule has 20 heteroatoms. The number of hydrogen-bond donors (Lipinski definition) is 6. The van der Waals surface area contributed by atoms with Crippen LogP contribution in [0.1, 0.15) is 68.8 Å². The molecule has 6 N–H and O–H groups in total. The van der Waals surface area contributed by atoms with Gasteiger partial charge in [0.05, 0.1) is 27.4 Å². The second-order valence-corrected chi connectivity index (χ2v) is 19.6. The fourth-order valence-electron chi connectivity index (χ4n) is 13.5. The molecule has 2 aromatic carbocycles. The van der Waals surface area contributed by atoms with Crippen molar-refractivity contribution in [3.8, 4) is 5.75 Å². The van der Waals surface area contributed by atoms with Gasteiger partial charge in [-0.25, -0.2) is 23.2 Å². The highest BCUT2D eigenvalue weighted by atomic mass is 19.3. The van der Waals surface area contributed by atoms with E-state index < -0.39 is 87.9 Å². The molecule has 1 aromatic heterocycles. The number of methoxy groups -OCH3 is 3. The Hall–Kier alpha value is -5.67. The normalized spacial score (nSPS) is 32.9. The van der Waals surface area contributed by atoms with Crippen molar-refractivity contribution in [1.82, 2.24) is 14.8 Å². The van der Waals surface area contributed by atoms with Gasteiger partial charge >= 0.3 is 29.8 Å². The largest absolute Gasteiger partial charge is 0.496 e. The minimum atomic E-state index is -2.94. The predicted octanol–water partition coefficient (Wildman–Crippen LogP) is 2.96. The van der Waals surface area contributed by atoms with Gasteiger partial charge in [-0.1, -0.05) is 37.3 Å². The molecule has 1 saturated carbocycles. The van der Waals surface area contributed by atoms with Gasteiger partial charge in [-0.15, -0.1) is 0 Å². The minimum Gasteiger partial charge on any atom is -0.496 e. The second kappa shape index (κ2) is 17.6. The maximum absolute atomic E-state index is 15.3. The van der Waals surface area contributed by atoms with Crippen molar-refractivity contribution < 1.29 is 77.2 Å². The monoisotopic (exact) mass is 966 g/mol. The van der Waals surface area contributed by atoms with E-state index in [-0.39, 0.29) is 31.3 Å². The zero-order valence-electron chi connectivity index (χ0n) is 39.5. The summed E-state index contributed by atoms with van der Waals surface area (Å²) >= 11 is 0. The summed E-state index contributed by atoms with van der Waals surface area (Å²) in [5, 5.41) is 46.7. The zero-order chi connectivity index (χ0) is 50.3. The number of aliphatic carboxylic acids is 2. The number of carboxylic acids is 2. The van der Waals surface area contributed by atoms with E-state index in [9.17, 15) is 24.3 Å². The number of aromatic nitrogens is 1. The van der Waals surface area contributed by atoms with E-state index in [0.717, 1.165) is 29.0 Å². The third-order valence-electron chi connectivity index (χ3n) is 16.1. The van der Waals surface area contributed by atoms with E-state index in [0.29, 0.717) is 61.7 Å². The number of benzene rings is 2. The molecule has 12 atom stereocenters. The number of carbonyl (C=O) groups excluding carboxylic acids is 3. The number of nitrogens with zero attached hydrogens (tertiary/aromatic N) is 3. The fourth-order valence-corrected chi connectivity index (χ4v) is 13.5. The molecular formula is C49H60F2N4O14. The summed E-state index contributed by atoms with van der Waals surface area (Å²) in [7, 11) is 5.94. The van der Waals surface area contributed by atoms with Crippen LogP contribution in [0.5, 0.6) is 5.75 Å². The van der Waals surface area contributed by atoms with E-state index in [1.807, 2.05) is 67.4 Å². The Bertz CT molecular complexity index is 2580. The van der Waals surface area contributed by atoms with Gasteiger partial charge in [0, 0.05) is 96.9 Å². The quantitative estimate of drug-likeness (QED) is 0.0971. The lowest BCUT2D eigenvalue weighted by Crippen LogP contribution is -2.81. The van der Waals surface area contributed by atoms with Crippen molar-refractivity contribution in [2.24, 2.45) is 17.3 Å². The Morgan fingerprint density at radius 1 is 0.957 bits per heavy atom. The molecule has 1 unspecified atom stereocenters. The highest BCUT2D eigenvalue weighted by Gasteiger charge is 2.80. The minimum absolute atomic E-state index is 0.155. The predicted molar refractivity (Wildman–Crippen MR) is 242 cm³/mol. The number of aliphatic hydroxyl groups excluding tert-OH is 2. The topological polar surface area (TPSA) is 249 Å². The second-order valence-electron chi connectivity index (χ2n) is 19.6. The molecule has 5 aliphatic heterocycles. The Labute approximate surface area is 396 Å². The van der Waals surface area contributed by atoms with Gasteiger partial charge < -0.3 is 54.4 Å². The standard InChI is InChI=1S/C45H54F2N4O8.C4H6O6/c1-8-42-14-11-16-51-17-15-43(36(42)51)30-19-31(34(56-5)20-33(30)49(4)37(43)45(55,40(54)58-7)38(42)59-25(2)52)44(39(53)57-6)21-26-18-27(41(3,46)47)23-50(22-26)24-29-28-12-9-10-13-32(28)48-35(29)44;5-1(3(7)8)2(6)4(9)10/h9-14,19-20,26-27,36-38,48,55H,8,15-18,21-24H2,1-7H3;1-2,5-6H,(H,7,8)(H,9,10)/t26-,27+,36-,37+,38+,42+,43+,44-,45-;1-,2-/m01/s1. The Morgan fingerprint density at radius 3 is 2.22 bits per heavy atom. The fraction of sp³-hybridized carbons (Fsp3) is 0.571. The zero-order valence-corrected chi connectivity index (χ0v) is 39.5. The van der Waals surface area contributed by atoms with Crippen LogP contribution in [0.4, 0.5) is 14.5 Å². The maximum atomic E-state index is 15.3. The summed E-state index contributed by atoms with van der Waals surface area (Å²) in [4.78, 5) is 72.0. The van der Waals surface area contributed by atoms with Crippen LogP contribution in [-0.4, -0.2) is 167 Å². The number of anilines is 1. The van der Waals surface area contributed by atoms with E-state index in [1.165, 1.54) is 28.3 Å². The number of aliphatic hydroxyl groups is 3. The third-order valence-corrected chi connectivity index (χ3v) is 16.1. The molecule has 18 nitrogen and oxygen atoms in total. The number of para-hydroxylation sites is 1. The number of H-pyrrole nitrogens is 1. The molecule has 6 aliphatic rings. The number of likely N-dealkylation sites (N-methyl/N-ethyl adjacent to an activating group) is 1. The smallest absolute Gasteiger partial charge is 0.344 e. The number of fused-ring (bicyclic) bond motifs is 6. The molecule has 9 rings (SSSR count). The van der Waals surface area contributed by atoms with Gasteiger partial charge in [-0.2, -0.15) is 0 Å². The SMILES string of the molecule is CC[C@]12C=CCN3CC[C@@]4(c5cc([C@@]6(C(=O)OC)C[C@@H]7C[C@@H](C(C)(F)F)CN(Cc8c6[nH]c6ccccc86)C7)c(OC)cc5N(C)[C@H]4[C@@](O)(C(=O)OC)[C@@H]1OC(C)=O)[C@@H]32.O=C(O)[C@H](O)[C@@H](O)C(=O)O. The van der Waals surface area contributed by atoms with E-state index >= 15 is 13.6 Å². The van der Waals surface area contributed by atoms with Crippen molar-refractivity contribution in [2.75, 3.05) is 59.5 Å². The number of nitrogens with one attached hydrogen (secondary N) is 1. The van der Waals surface area contributed by atoms with E-state index in [4.69, 9.17) is 39.4 Å². The number of esters is 3. The van der Waals surface area contributed by atoms with Crippen molar-refractivity contribution in [3.05, 3.63) is 70.9 Å². The van der Waals surface area contributed by atoms with E-state index in [1.54, 1.807) is 0 Å². The number of ether oxygens (including phenoxy) is 4. The Kier molecular flexibility index (Phi) is 12.7. The van der Waals surface area contributed by atoms with Gasteiger partial charge in [-0.3, -0.25) is 19.4 Å². The number of alkyl halides is 2. The number of aromatic amines is 1. The first-order valence-electron chi connectivity index (χ1n) is 23.0. The van der Waals surface area contributed by atoms with Crippen LogP contribution in [0.3, 0.4) is 0 Å². The highest BCUT2D eigenvalue weighted by molar-refractivity contribution is 5.95. The van der Waals surface area contributed by atoms with Crippen molar-refractivity contribution in [2.45, 2.75) is 106 Å². The molecule has 2 saturated heterocycles. The van der Waals surface area contributed by atoms with Gasteiger partial charge in [-0.05, 0) is 68.3 Å².